The number of fused-ring (bicyclic) bond motifs is 1. The molecule has 2 aromatic carbocycles. The van der Waals surface area contributed by atoms with E-state index in [9.17, 15) is 9.59 Å². The van der Waals surface area contributed by atoms with Crippen molar-refractivity contribution in [1.82, 2.24) is 0 Å². The van der Waals surface area contributed by atoms with E-state index in [2.05, 4.69) is 5.32 Å². The summed E-state index contributed by atoms with van der Waals surface area (Å²) in [6, 6.07) is 9.92. The molecule has 0 fully saturated rings. The minimum atomic E-state index is -0.626. The number of esters is 1. The molecule has 0 atom stereocenters. The van der Waals surface area contributed by atoms with Crippen molar-refractivity contribution in [2.45, 2.75) is 6.92 Å². The minimum absolute atomic E-state index is 0.119. The van der Waals surface area contributed by atoms with Crippen LogP contribution in [0.1, 0.15) is 15.9 Å². The van der Waals surface area contributed by atoms with Gasteiger partial charge < -0.3 is 19.5 Å². The summed E-state index contributed by atoms with van der Waals surface area (Å²) in [6.45, 7) is 1.59. The fraction of sp³-hybridized carbons (Fsp3) is 0.176. The maximum absolute atomic E-state index is 12.0. The summed E-state index contributed by atoms with van der Waals surface area (Å²) in [5.41, 5.74) is 1.72. The topological polar surface area (TPSA) is 73.9 Å². The molecule has 0 saturated carbocycles. The highest BCUT2D eigenvalue weighted by atomic mass is 35.5. The Hall–Kier alpha value is -2.73. The smallest absolute Gasteiger partial charge is 0.338 e. The van der Waals surface area contributed by atoms with Crippen molar-refractivity contribution in [3.05, 3.63) is 52.5 Å². The normalized spacial score (nSPS) is 11.9. The Kier molecular flexibility index (Phi) is 4.57. The van der Waals surface area contributed by atoms with Gasteiger partial charge in [0.25, 0.3) is 5.91 Å². The third kappa shape index (κ3) is 3.60. The van der Waals surface area contributed by atoms with E-state index in [1.54, 1.807) is 24.3 Å². The zero-order chi connectivity index (χ0) is 17.1. The number of benzene rings is 2. The molecular formula is C17H14ClNO5. The van der Waals surface area contributed by atoms with E-state index in [-0.39, 0.29) is 12.4 Å². The number of nitrogens with one attached hydrogen (secondary N) is 1. The van der Waals surface area contributed by atoms with Gasteiger partial charge in [0, 0.05) is 0 Å². The molecule has 3 rings (SSSR count). The van der Waals surface area contributed by atoms with Crippen LogP contribution in [0.3, 0.4) is 0 Å². The lowest BCUT2D eigenvalue weighted by Crippen LogP contribution is -2.21. The summed E-state index contributed by atoms with van der Waals surface area (Å²) in [6.07, 6.45) is 0. The van der Waals surface area contributed by atoms with Gasteiger partial charge in [-0.15, -0.1) is 0 Å². The Morgan fingerprint density at radius 3 is 2.75 bits per heavy atom. The molecule has 1 amide bonds. The molecule has 1 N–H and O–H groups in total. The molecule has 0 spiro atoms. The monoisotopic (exact) mass is 347 g/mol. The van der Waals surface area contributed by atoms with Crippen LogP contribution in [0.15, 0.2) is 36.4 Å². The quantitative estimate of drug-likeness (QED) is 0.860. The van der Waals surface area contributed by atoms with Crippen LogP contribution in [0.5, 0.6) is 11.5 Å². The number of rotatable bonds is 4. The van der Waals surface area contributed by atoms with Crippen LogP contribution in [0.2, 0.25) is 5.02 Å². The second-order valence-corrected chi connectivity index (χ2v) is 5.58. The van der Waals surface area contributed by atoms with Crippen LogP contribution < -0.4 is 14.8 Å². The van der Waals surface area contributed by atoms with Crippen LogP contribution >= 0.6 is 11.6 Å². The first-order valence-electron chi connectivity index (χ1n) is 7.16. The molecule has 124 valence electrons. The summed E-state index contributed by atoms with van der Waals surface area (Å²) < 4.78 is 15.4. The number of carbonyl (C=O) groups is 2. The molecule has 0 bridgehead atoms. The van der Waals surface area contributed by atoms with Crippen molar-refractivity contribution < 1.29 is 23.8 Å². The van der Waals surface area contributed by atoms with Crippen LogP contribution in [0, 0.1) is 6.92 Å². The first-order valence-corrected chi connectivity index (χ1v) is 7.53. The van der Waals surface area contributed by atoms with E-state index in [1.165, 1.54) is 6.07 Å². The lowest BCUT2D eigenvalue weighted by Gasteiger charge is -2.09. The number of halogens is 1. The van der Waals surface area contributed by atoms with Gasteiger partial charge in [0.1, 0.15) is 0 Å². The highest BCUT2D eigenvalue weighted by Crippen LogP contribution is 2.32. The van der Waals surface area contributed by atoms with Crippen LogP contribution in [0.4, 0.5) is 5.69 Å². The predicted molar refractivity (Wildman–Crippen MR) is 87.7 cm³/mol. The zero-order valence-electron chi connectivity index (χ0n) is 12.8. The van der Waals surface area contributed by atoms with Crippen molar-refractivity contribution in [3.63, 3.8) is 0 Å². The maximum atomic E-state index is 12.0. The average molecular weight is 348 g/mol. The first kappa shape index (κ1) is 16.1. The molecule has 24 heavy (non-hydrogen) atoms. The van der Waals surface area contributed by atoms with Gasteiger partial charge in [0.2, 0.25) is 6.79 Å². The molecule has 0 saturated heterocycles. The average Bonchev–Trinajstić information content (AvgIpc) is 3.03. The second kappa shape index (κ2) is 6.80. The van der Waals surface area contributed by atoms with Crippen molar-refractivity contribution >= 4 is 29.2 Å². The van der Waals surface area contributed by atoms with Gasteiger partial charge in [-0.25, -0.2) is 4.79 Å². The maximum Gasteiger partial charge on any atom is 0.338 e. The van der Waals surface area contributed by atoms with E-state index < -0.39 is 18.5 Å². The number of ether oxygens (including phenoxy) is 3. The fourth-order valence-electron chi connectivity index (χ4n) is 2.15. The second-order valence-electron chi connectivity index (χ2n) is 5.18. The van der Waals surface area contributed by atoms with Gasteiger partial charge in [-0.3, -0.25) is 4.79 Å². The highest BCUT2D eigenvalue weighted by molar-refractivity contribution is 6.33. The van der Waals surface area contributed by atoms with Gasteiger partial charge in [0.15, 0.2) is 18.1 Å². The van der Waals surface area contributed by atoms with Crippen LogP contribution in [0.25, 0.3) is 0 Å². The standard InChI is InChI=1S/C17H14ClNO5/c1-10-2-4-13(12(18)6-10)19-16(20)8-22-17(21)11-3-5-14-15(7-11)24-9-23-14/h2-7H,8-9H2,1H3,(H,19,20). The van der Waals surface area contributed by atoms with Gasteiger partial charge in [0.05, 0.1) is 16.3 Å². The number of carbonyl (C=O) groups excluding carboxylic acids is 2. The first-order chi connectivity index (χ1) is 11.5. The van der Waals surface area contributed by atoms with Gasteiger partial charge in [-0.2, -0.15) is 0 Å². The Bertz CT molecular complexity index is 806. The van der Waals surface area contributed by atoms with Gasteiger partial charge in [-0.05, 0) is 42.8 Å². The van der Waals surface area contributed by atoms with E-state index in [1.807, 2.05) is 13.0 Å². The van der Waals surface area contributed by atoms with Crippen molar-refractivity contribution in [1.29, 1.82) is 0 Å². The minimum Gasteiger partial charge on any atom is -0.454 e. The van der Waals surface area contributed by atoms with Gasteiger partial charge >= 0.3 is 5.97 Å². The molecule has 1 aliphatic rings. The Balaban J connectivity index is 1.57. The Morgan fingerprint density at radius 1 is 1.17 bits per heavy atom. The van der Waals surface area contributed by atoms with Gasteiger partial charge in [-0.1, -0.05) is 17.7 Å². The molecule has 0 unspecified atom stereocenters. The van der Waals surface area contributed by atoms with Crippen molar-refractivity contribution in [2.24, 2.45) is 0 Å². The number of aryl methyl sites for hydroxylation is 1. The summed E-state index contributed by atoms with van der Waals surface area (Å²) >= 11 is 6.04. The third-order valence-electron chi connectivity index (χ3n) is 3.34. The largest absolute Gasteiger partial charge is 0.454 e. The molecule has 0 aliphatic carbocycles. The van der Waals surface area contributed by atoms with Crippen molar-refractivity contribution in [2.75, 3.05) is 18.7 Å². The third-order valence-corrected chi connectivity index (χ3v) is 3.65. The number of hydrogen-bond donors (Lipinski definition) is 1. The molecule has 1 heterocycles. The molecule has 0 aromatic heterocycles. The predicted octanol–water partition coefficient (Wildman–Crippen LogP) is 3.17. The SMILES string of the molecule is Cc1ccc(NC(=O)COC(=O)c2ccc3c(c2)OCO3)c(Cl)c1. The van der Waals surface area contributed by atoms with Crippen molar-refractivity contribution in [3.8, 4) is 11.5 Å². The Labute approximate surface area is 143 Å². The molecule has 1 aliphatic heterocycles. The number of amides is 1. The highest BCUT2D eigenvalue weighted by Gasteiger charge is 2.17. The molecule has 0 radical (unpaired) electrons. The van der Waals surface area contributed by atoms with E-state index >= 15 is 0 Å². The summed E-state index contributed by atoms with van der Waals surface area (Å²) in [7, 11) is 0. The van der Waals surface area contributed by atoms with Crippen LogP contribution in [-0.2, 0) is 9.53 Å². The summed E-state index contributed by atoms with van der Waals surface area (Å²) in [4.78, 5) is 23.9. The molecule has 6 nitrogen and oxygen atoms in total. The Morgan fingerprint density at radius 2 is 1.96 bits per heavy atom. The summed E-state index contributed by atoms with van der Waals surface area (Å²) in [5, 5.41) is 3.01. The summed E-state index contributed by atoms with van der Waals surface area (Å²) in [5.74, 6) is -0.0630. The number of hydrogen-bond acceptors (Lipinski definition) is 5. The lowest BCUT2D eigenvalue weighted by atomic mass is 10.2. The molecular weight excluding hydrogens is 334 g/mol. The number of anilines is 1. The lowest BCUT2D eigenvalue weighted by molar-refractivity contribution is -0.119. The molecule has 2 aromatic rings. The fourth-order valence-corrected chi connectivity index (χ4v) is 2.43. The van der Waals surface area contributed by atoms with E-state index in [4.69, 9.17) is 25.8 Å². The van der Waals surface area contributed by atoms with E-state index in [0.717, 1.165) is 5.56 Å². The zero-order valence-corrected chi connectivity index (χ0v) is 13.6. The molecule has 7 heteroatoms. The van der Waals surface area contributed by atoms with E-state index in [0.29, 0.717) is 22.2 Å². The van der Waals surface area contributed by atoms with Crippen LogP contribution in [-0.4, -0.2) is 25.3 Å².